The van der Waals surface area contributed by atoms with Gasteiger partial charge in [0, 0.05) is 29.6 Å². The first-order valence-corrected chi connectivity index (χ1v) is 13.9. The third-order valence-corrected chi connectivity index (χ3v) is 9.07. The monoisotopic (exact) mass is 515 g/mol. The molecule has 1 amide bonds. The number of aryl methyl sites for hydroxylation is 1. The number of carbonyl (C=O) groups excluding carboxylic acids is 2. The van der Waals surface area contributed by atoms with Crippen molar-refractivity contribution < 1.29 is 19.4 Å². The zero-order valence-electron chi connectivity index (χ0n) is 22.6. The summed E-state index contributed by atoms with van der Waals surface area (Å²) in [7, 11) is 0. The first kappa shape index (κ1) is 28.5. The van der Waals surface area contributed by atoms with Crippen molar-refractivity contribution in [3.63, 3.8) is 0 Å². The second kappa shape index (κ2) is 11.1. The fraction of sp³-hybridized carbons (Fsp3) is 0.714. The van der Waals surface area contributed by atoms with Crippen LogP contribution in [0.1, 0.15) is 84.3 Å². The number of thiazole rings is 1. The Balaban J connectivity index is 1.89. The number of aromatic nitrogens is 1. The number of nitrogens with zero attached hydrogens (tertiary/aromatic N) is 2. The van der Waals surface area contributed by atoms with Gasteiger partial charge in [-0.1, -0.05) is 34.1 Å². The van der Waals surface area contributed by atoms with Crippen molar-refractivity contribution in [3.8, 4) is 6.07 Å². The first-order valence-electron chi connectivity index (χ1n) is 13.0. The summed E-state index contributed by atoms with van der Waals surface area (Å²) >= 11 is 1.58. The highest BCUT2D eigenvalue weighted by atomic mass is 32.1. The van der Waals surface area contributed by atoms with Crippen LogP contribution < -0.4 is 5.32 Å². The Labute approximate surface area is 219 Å². The summed E-state index contributed by atoms with van der Waals surface area (Å²) in [6.45, 7) is 13.2. The molecule has 0 radical (unpaired) electrons. The van der Waals surface area contributed by atoms with Gasteiger partial charge in [0.15, 0.2) is 0 Å². The number of ether oxygens (including phenoxy) is 1. The molecule has 0 aliphatic carbocycles. The normalized spacial score (nSPS) is 36.5. The van der Waals surface area contributed by atoms with Gasteiger partial charge in [-0.25, -0.2) is 4.98 Å². The maximum atomic E-state index is 13.4. The second-order valence-electron chi connectivity index (χ2n) is 11.6. The van der Waals surface area contributed by atoms with E-state index in [-0.39, 0.29) is 41.8 Å². The van der Waals surface area contributed by atoms with Gasteiger partial charge in [0.25, 0.3) is 0 Å². The van der Waals surface area contributed by atoms with Crippen LogP contribution in [0.2, 0.25) is 0 Å². The van der Waals surface area contributed by atoms with E-state index in [2.05, 4.69) is 23.3 Å². The van der Waals surface area contributed by atoms with E-state index < -0.39 is 23.4 Å². The number of ketones is 1. The number of epoxide rings is 1. The van der Waals surface area contributed by atoms with Gasteiger partial charge < -0.3 is 15.2 Å². The number of hydrogen-bond donors (Lipinski definition) is 2. The van der Waals surface area contributed by atoms with Gasteiger partial charge in [-0.05, 0) is 51.2 Å². The van der Waals surface area contributed by atoms with Crippen LogP contribution >= 0.6 is 11.3 Å². The highest BCUT2D eigenvalue weighted by Gasteiger charge is 2.52. The number of rotatable bonds is 2. The number of hydrogen-bond acceptors (Lipinski definition) is 7. The Morgan fingerprint density at radius 2 is 2.03 bits per heavy atom. The third-order valence-electron chi connectivity index (χ3n) is 8.28. The Morgan fingerprint density at radius 3 is 2.64 bits per heavy atom. The van der Waals surface area contributed by atoms with Crippen molar-refractivity contribution in [2.24, 2.45) is 23.2 Å². The number of carbonyl (C=O) groups is 2. The van der Waals surface area contributed by atoms with Crippen molar-refractivity contribution >= 4 is 29.1 Å². The molecule has 1 aromatic rings. The van der Waals surface area contributed by atoms with E-state index in [4.69, 9.17) is 4.74 Å². The Bertz CT molecular complexity index is 1040. The van der Waals surface area contributed by atoms with Crippen LogP contribution in [-0.4, -0.2) is 45.6 Å². The van der Waals surface area contributed by atoms with E-state index in [0.29, 0.717) is 6.42 Å². The molecular formula is C28H41N3O4S. The maximum absolute atomic E-state index is 13.4. The molecule has 7 atom stereocenters. The molecule has 1 aromatic heterocycles. The van der Waals surface area contributed by atoms with Crippen LogP contribution in [0.4, 0.5) is 0 Å². The quantitative estimate of drug-likeness (QED) is 0.545. The summed E-state index contributed by atoms with van der Waals surface area (Å²) in [5.74, 6) is -1.95. The van der Waals surface area contributed by atoms with E-state index in [0.717, 1.165) is 35.5 Å². The standard InChI is InChI=1S/C28H41N3O4S/c1-16-9-8-10-28(7)23(35-28)13-22(17(2)11-21-15-36-19(4)30-21)31-24(32)12-20(14-29)27(5,6)26(34)18(3)25(16)33/h11,15-16,18,20,22-23,25,33H,8-10,12-13H2,1-7H3,(H,31,32)/t16-,18?,20+,22-,23?,25-,28+/m0/s1. The van der Waals surface area contributed by atoms with Crippen molar-refractivity contribution in [1.82, 2.24) is 10.3 Å². The van der Waals surface area contributed by atoms with Gasteiger partial charge >= 0.3 is 0 Å². The summed E-state index contributed by atoms with van der Waals surface area (Å²) in [5, 5.41) is 26.9. The van der Waals surface area contributed by atoms with Crippen LogP contribution in [0.3, 0.4) is 0 Å². The second-order valence-corrected chi connectivity index (χ2v) is 12.6. The topological polar surface area (TPSA) is 116 Å². The van der Waals surface area contributed by atoms with Crippen LogP contribution in [0.15, 0.2) is 11.0 Å². The van der Waals surface area contributed by atoms with Crippen molar-refractivity contribution in [1.29, 1.82) is 5.26 Å². The highest BCUT2D eigenvalue weighted by molar-refractivity contribution is 7.09. The van der Waals surface area contributed by atoms with Gasteiger partial charge in [0.05, 0.1) is 46.5 Å². The fourth-order valence-electron chi connectivity index (χ4n) is 5.41. The Kier molecular flexibility index (Phi) is 8.80. The zero-order chi connectivity index (χ0) is 26.8. The molecule has 0 bridgehead atoms. The number of amides is 1. The van der Waals surface area contributed by atoms with Gasteiger partial charge in [-0.3, -0.25) is 9.59 Å². The molecule has 2 N–H and O–H groups in total. The first-order chi connectivity index (χ1) is 16.8. The molecule has 0 saturated carbocycles. The lowest BCUT2D eigenvalue weighted by Crippen LogP contribution is -2.44. The maximum Gasteiger partial charge on any atom is 0.221 e. The Morgan fingerprint density at radius 1 is 1.33 bits per heavy atom. The molecule has 8 heteroatoms. The average molecular weight is 516 g/mol. The minimum absolute atomic E-state index is 0.0140. The van der Waals surface area contributed by atoms with Crippen molar-refractivity contribution in [2.75, 3.05) is 0 Å². The number of nitrogens with one attached hydrogen (secondary N) is 1. The van der Waals surface area contributed by atoms with Crippen molar-refractivity contribution in [2.45, 2.75) is 104 Å². The summed E-state index contributed by atoms with van der Waals surface area (Å²) in [6, 6.07) is 1.94. The number of aliphatic hydroxyl groups is 1. The summed E-state index contributed by atoms with van der Waals surface area (Å²) in [4.78, 5) is 31.1. The van der Waals surface area contributed by atoms with Gasteiger partial charge in [0.2, 0.25) is 5.91 Å². The molecule has 7 nitrogen and oxygen atoms in total. The zero-order valence-corrected chi connectivity index (χ0v) is 23.4. The number of Topliss-reactive ketones (excluding diaryl/α,β-unsaturated/α-hetero) is 1. The van der Waals surface area contributed by atoms with E-state index in [9.17, 15) is 20.0 Å². The predicted octanol–water partition coefficient (Wildman–Crippen LogP) is 4.83. The molecule has 2 fully saturated rings. The van der Waals surface area contributed by atoms with Gasteiger partial charge in [0.1, 0.15) is 5.78 Å². The predicted molar refractivity (Wildman–Crippen MR) is 141 cm³/mol. The van der Waals surface area contributed by atoms with Crippen LogP contribution in [0.25, 0.3) is 6.08 Å². The van der Waals surface area contributed by atoms with Crippen LogP contribution in [0.5, 0.6) is 0 Å². The molecule has 198 valence electrons. The molecule has 36 heavy (non-hydrogen) atoms. The SMILES string of the molecule is CC(=Cc1csc(C)n1)[C@@H]1CC2O[C@]2(C)CCC[C@H](C)[C@H](O)C(C)C(=O)C(C)(C)[C@@H](C#N)CC(=O)N1. The van der Waals surface area contributed by atoms with E-state index in [1.165, 1.54) is 0 Å². The number of nitriles is 1. The van der Waals surface area contributed by atoms with Gasteiger partial charge in [-0.2, -0.15) is 5.26 Å². The number of fused-ring (bicyclic) bond motifs is 1. The molecule has 3 heterocycles. The molecule has 2 saturated heterocycles. The summed E-state index contributed by atoms with van der Waals surface area (Å²) in [6.07, 6.45) is 4.27. The molecule has 0 spiro atoms. The van der Waals surface area contributed by atoms with Crippen molar-refractivity contribution in [3.05, 3.63) is 21.7 Å². The van der Waals surface area contributed by atoms with E-state index in [1.807, 2.05) is 32.2 Å². The lowest BCUT2D eigenvalue weighted by molar-refractivity contribution is -0.138. The molecular weight excluding hydrogens is 474 g/mol. The average Bonchev–Trinajstić information content (AvgIpc) is 3.26. The highest BCUT2D eigenvalue weighted by Crippen LogP contribution is 2.44. The van der Waals surface area contributed by atoms with Crippen LogP contribution in [-0.2, 0) is 14.3 Å². The molecule has 2 unspecified atom stereocenters. The number of aliphatic hydroxyl groups excluding tert-OH is 1. The summed E-state index contributed by atoms with van der Waals surface area (Å²) in [5.41, 5.74) is 0.502. The molecule has 0 aromatic carbocycles. The summed E-state index contributed by atoms with van der Waals surface area (Å²) < 4.78 is 6.11. The van der Waals surface area contributed by atoms with E-state index >= 15 is 0 Å². The molecule has 2 aliphatic heterocycles. The lowest BCUT2D eigenvalue weighted by atomic mass is 9.69. The minimum atomic E-state index is -1.07. The smallest absolute Gasteiger partial charge is 0.221 e. The van der Waals surface area contributed by atoms with Gasteiger partial charge in [-0.15, -0.1) is 11.3 Å². The molecule has 3 rings (SSSR count). The molecule has 2 aliphatic rings. The lowest BCUT2D eigenvalue weighted by Gasteiger charge is -2.34. The fourth-order valence-corrected chi connectivity index (χ4v) is 5.98. The largest absolute Gasteiger partial charge is 0.392 e. The van der Waals surface area contributed by atoms with Crippen LogP contribution in [0, 0.1) is 41.4 Å². The Hall–Kier alpha value is -2.08. The third kappa shape index (κ3) is 6.42. The van der Waals surface area contributed by atoms with E-state index in [1.54, 1.807) is 32.1 Å². The minimum Gasteiger partial charge on any atom is -0.392 e.